The van der Waals surface area contributed by atoms with E-state index in [1.165, 1.54) is 24.1 Å². The van der Waals surface area contributed by atoms with Crippen LogP contribution in [0.25, 0.3) is 11.0 Å². The Morgan fingerprint density at radius 1 is 1.03 bits per heavy atom. The second-order valence-corrected chi connectivity index (χ2v) is 8.10. The molecule has 1 aliphatic heterocycles. The molecule has 0 bridgehead atoms. The highest BCUT2D eigenvalue weighted by molar-refractivity contribution is 6.31. The van der Waals surface area contributed by atoms with Crippen LogP contribution in [0.5, 0.6) is 11.5 Å². The van der Waals surface area contributed by atoms with Crippen molar-refractivity contribution in [3.05, 3.63) is 98.4 Å². The van der Waals surface area contributed by atoms with Crippen molar-refractivity contribution in [1.82, 2.24) is 0 Å². The van der Waals surface area contributed by atoms with Crippen LogP contribution in [-0.4, -0.2) is 18.1 Å². The average molecular weight is 448 g/mol. The summed E-state index contributed by atoms with van der Waals surface area (Å²) in [7, 11) is 1.44. The number of rotatable bonds is 3. The van der Waals surface area contributed by atoms with Crippen LogP contribution in [0.2, 0.25) is 5.02 Å². The number of carbonyl (C=O) groups is 1. The summed E-state index contributed by atoms with van der Waals surface area (Å²) >= 11 is 6.12. The van der Waals surface area contributed by atoms with Gasteiger partial charge in [0.1, 0.15) is 5.58 Å². The molecule has 0 saturated heterocycles. The Balaban J connectivity index is 1.82. The van der Waals surface area contributed by atoms with E-state index in [-0.39, 0.29) is 28.3 Å². The number of phenolic OH excluding ortho intramolecular Hbond substituents is 1. The number of fused-ring (bicyclic) bond motifs is 2. The highest BCUT2D eigenvalue weighted by Crippen LogP contribution is 2.43. The van der Waals surface area contributed by atoms with E-state index in [9.17, 15) is 14.7 Å². The highest BCUT2D eigenvalue weighted by Gasteiger charge is 2.43. The zero-order chi connectivity index (χ0) is 22.6. The molecule has 2 heterocycles. The minimum Gasteiger partial charge on any atom is -0.504 e. The number of aryl methyl sites for hydroxylation is 1. The smallest absolute Gasteiger partial charge is 0.295 e. The number of halogens is 1. The van der Waals surface area contributed by atoms with Gasteiger partial charge in [-0.05, 0) is 55.0 Å². The van der Waals surface area contributed by atoms with Crippen molar-refractivity contribution < 1.29 is 19.1 Å². The van der Waals surface area contributed by atoms with E-state index in [0.717, 1.165) is 5.56 Å². The molecule has 1 aromatic heterocycles. The first-order valence-electron chi connectivity index (χ1n) is 9.92. The number of benzene rings is 3. The number of methoxy groups -OCH3 is 1. The summed E-state index contributed by atoms with van der Waals surface area (Å²) in [5.74, 6) is -0.238. The van der Waals surface area contributed by atoms with Crippen LogP contribution in [0.1, 0.15) is 33.3 Å². The Morgan fingerprint density at radius 3 is 2.50 bits per heavy atom. The summed E-state index contributed by atoms with van der Waals surface area (Å²) in [6, 6.07) is 16.2. The molecule has 0 spiro atoms. The largest absolute Gasteiger partial charge is 0.504 e. The van der Waals surface area contributed by atoms with Gasteiger partial charge in [0, 0.05) is 10.7 Å². The molecule has 0 aliphatic carbocycles. The first-order chi connectivity index (χ1) is 15.4. The minimum atomic E-state index is -0.769. The molecular formula is C25H18ClNO5. The van der Waals surface area contributed by atoms with Gasteiger partial charge in [0.25, 0.3) is 5.91 Å². The van der Waals surface area contributed by atoms with E-state index in [4.69, 9.17) is 20.8 Å². The second-order valence-electron chi connectivity index (χ2n) is 7.66. The van der Waals surface area contributed by atoms with Gasteiger partial charge in [0.05, 0.1) is 24.1 Å². The molecular weight excluding hydrogens is 430 g/mol. The van der Waals surface area contributed by atoms with Gasteiger partial charge in [-0.3, -0.25) is 14.5 Å². The van der Waals surface area contributed by atoms with Gasteiger partial charge in [-0.2, -0.15) is 0 Å². The Morgan fingerprint density at radius 2 is 1.78 bits per heavy atom. The maximum atomic E-state index is 13.6. The fraction of sp³-hybridized carbons (Fsp3) is 0.120. The topological polar surface area (TPSA) is 80.0 Å². The third kappa shape index (κ3) is 3.03. The number of ether oxygens (including phenoxy) is 1. The fourth-order valence-electron chi connectivity index (χ4n) is 4.10. The van der Waals surface area contributed by atoms with Crippen molar-refractivity contribution in [3.63, 3.8) is 0 Å². The molecule has 0 fully saturated rings. The second kappa shape index (κ2) is 7.43. The van der Waals surface area contributed by atoms with E-state index < -0.39 is 11.9 Å². The molecule has 5 rings (SSSR count). The molecule has 1 unspecified atom stereocenters. The molecule has 0 saturated carbocycles. The number of anilines is 1. The number of aromatic hydroxyl groups is 1. The summed E-state index contributed by atoms with van der Waals surface area (Å²) in [6.07, 6.45) is 0. The van der Waals surface area contributed by atoms with Crippen LogP contribution in [0.4, 0.5) is 5.69 Å². The van der Waals surface area contributed by atoms with Gasteiger partial charge in [0.15, 0.2) is 16.9 Å². The molecule has 1 amide bonds. The molecule has 1 N–H and O–H groups in total. The van der Waals surface area contributed by atoms with Gasteiger partial charge >= 0.3 is 0 Å². The molecule has 160 valence electrons. The number of nitrogens with zero attached hydrogens (tertiary/aromatic N) is 1. The zero-order valence-corrected chi connectivity index (χ0v) is 18.0. The Hall–Kier alpha value is -3.77. The molecule has 0 radical (unpaired) electrons. The van der Waals surface area contributed by atoms with Crippen molar-refractivity contribution in [2.75, 3.05) is 12.0 Å². The van der Waals surface area contributed by atoms with Crippen molar-refractivity contribution in [2.24, 2.45) is 0 Å². The van der Waals surface area contributed by atoms with Gasteiger partial charge in [-0.25, -0.2) is 0 Å². The van der Waals surface area contributed by atoms with Gasteiger partial charge in [-0.1, -0.05) is 35.4 Å². The van der Waals surface area contributed by atoms with Crippen LogP contribution < -0.4 is 15.1 Å². The Labute approximate surface area is 188 Å². The maximum Gasteiger partial charge on any atom is 0.295 e. The summed E-state index contributed by atoms with van der Waals surface area (Å²) < 4.78 is 11.2. The maximum absolute atomic E-state index is 13.6. The molecule has 1 atom stereocenters. The van der Waals surface area contributed by atoms with Crippen LogP contribution in [0.3, 0.4) is 0 Å². The Kier molecular flexibility index (Phi) is 4.68. The lowest BCUT2D eigenvalue weighted by Gasteiger charge is -2.25. The van der Waals surface area contributed by atoms with E-state index >= 15 is 0 Å². The number of hydrogen-bond acceptors (Lipinski definition) is 5. The van der Waals surface area contributed by atoms with Crippen LogP contribution in [0, 0.1) is 6.92 Å². The number of carbonyl (C=O) groups excluding carboxylic acids is 1. The van der Waals surface area contributed by atoms with Crippen molar-refractivity contribution in [2.45, 2.75) is 13.0 Å². The van der Waals surface area contributed by atoms with E-state index in [0.29, 0.717) is 27.2 Å². The van der Waals surface area contributed by atoms with Crippen molar-refractivity contribution in [1.29, 1.82) is 0 Å². The normalized spacial score (nSPS) is 15.3. The monoisotopic (exact) mass is 447 g/mol. The summed E-state index contributed by atoms with van der Waals surface area (Å²) in [5.41, 5.74) is 2.43. The van der Waals surface area contributed by atoms with Gasteiger partial charge in [0.2, 0.25) is 5.76 Å². The Bertz CT molecular complexity index is 1440. The lowest BCUT2D eigenvalue weighted by atomic mass is 9.97. The summed E-state index contributed by atoms with van der Waals surface area (Å²) in [5, 5.41) is 10.8. The number of hydrogen-bond donors (Lipinski definition) is 1. The predicted molar refractivity (Wildman–Crippen MR) is 122 cm³/mol. The van der Waals surface area contributed by atoms with Gasteiger partial charge in [-0.15, -0.1) is 0 Å². The van der Waals surface area contributed by atoms with Crippen LogP contribution >= 0.6 is 11.6 Å². The standard InChI is InChI=1S/C25H18ClNO5/c1-13-3-7-16(8-4-13)27-22(14-5-9-18(28)20(11-14)31-2)21-23(29)17-12-15(26)6-10-19(17)32-24(21)25(27)30/h3-12,22,28H,1-2H3. The third-order valence-corrected chi connectivity index (χ3v) is 5.90. The quantitative estimate of drug-likeness (QED) is 0.465. The number of amides is 1. The van der Waals surface area contributed by atoms with Crippen molar-refractivity contribution in [3.8, 4) is 11.5 Å². The van der Waals surface area contributed by atoms with Crippen molar-refractivity contribution >= 4 is 34.2 Å². The van der Waals surface area contributed by atoms with Crippen LogP contribution in [0.15, 0.2) is 69.9 Å². The minimum absolute atomic E-state index is 0.0116. The fourth-order valence-corrected chi connectivity index (χ4v) is 4.27. The molecule has 4 aromatic rings. The molecule has 1 aliphatic rings. The molecule has 3 aromatic carbocycles. The summed E-state index contributed by atoms with van der Waals surface area (Å²) in [4.78, 5) is 28.6. The highest BCUT2D eigenvalue weighted by atomic mass is 35.5. The molecule has 32 heavy (non-hydrogen) atoms. The zero-order valence-electron chi connectivity index (χ0n) is 17.3. The lowest BCUT2D eigenvalue weighted by molar-refractivity contribution is 0.0971. The van der Waals surface area contributed by atoms with E-state index in [1.54, 1.807) is 24.3 Å². The molecule has 7 heteroatoms. The average Bonchev–Trinajstić information content (AvgIpc) is 3.08. The van der Waals surface area contributed by atoms with E-state index in [1.807, 2.05) is 31.2 Å². The van der Waals surface area contributed by atoms with E-state index in [2.05, 4.69) is 0 Å². The SMILES string of the molecule is COc1cc(C2c3c(oc4ccc(Cl)cc4c3=O)C(=O)N2c2ccc(C)cc2)ccc1O. The third-order valence-electron chi connectivity index (χ3n) is 5.66. The van der Waals surface area contributed by atoms with Crippen LogP contribution in [-0.2, 0) is 0 Å². The first kappa shape index (κ1) is 20.2. The van der Waals surface area contributed by atoms with Gasteiger partial charge < -0.3 is 14.3 Å². The predicted octanol–water partition coefficient (Wildman–Crippen LogP) is 5.22. The number of phenols is 1. The first-order valence-corrected chi connectivity index (χ1v) is 10.3. The molecule has 6 nitrogen and oxygen atoms in total. The lowest BCUT2D eigenvalue weighted by Crippen LogP contribution is -2.29. The summed E-state index contributed by atoms with van der Waals surface area (Å²) in [6.45, 7) is 1.95.